The Morgan fingerprint density at radius 1 is 1.00 bits per heavy atom. The lowest BCUT2D eigenvalue weighted by atomic mass is 10.4. The number of hydrogen-bond donors (Lipinski definition) is 0. The summed E-state index contributed by atoms with van der Waals surface area (Å²) in [7, 11) is 0. The number of hydrogen-bond acceptors (Lipinski definition) is 3. The molecule has 0 unspecified atom stereocenters. The molecule has 0 aliphatic rings. The molecule has 0 spiro atoms. The molecule has 4 heteroatoms. The molecule has 1 aromatic rings. The molecule has 0 N–H and O–H groups in total. The third-order valence-corrected chi connectivity index (χ3v) is 3.85. The van der Waals surface area contributed by atoms with Gasteiger partial charge in [-0.3, -0.25) is 0 Å². The highest BCUT2D eigenvalue weighted by Crippen LogP contribution is 2.15. The lowest BCUT2D eigenvalue weighted by Gasteiger charge is -1.96. The van der Waals surface area contributed by atoms with E-state index in [4.69, 9.17) is 3.63 Å². The molecule has 0 radical (unpaired) electrons. The van der Waals surface area contributed by atoms with E-state index in [0.29, 0.717) is 0 Å². The van der Waals surface area contributed by atoms with Crippen LogP contribution in [-0.2, 0) is 3.63 Å². The molecule has 0 bridgehead atoms. The molecule has 0 aliphatic heterocycles. The molecule has 0 atom stereocenters. The highest BCUT2D eigenvalue weighted by Gasteiger charge is 1.86. The average molecular weight is 323 g/mol. The maximum absolute atomic E-state index is 5.15. The SMILES string of the molecule is Brc1ccccc1.CCCSOSCCC. The first-order valence-electron chi connectivity index (χ1n) is 5.42. The molecule has 0 amide bonds. The summed E-state index contributed by atoms with van der Waals surface area (Å²) in [5, 5.41) is 0. The largest absolute Gasteiger partial charge is 0.247 e. The molecule has 0 saturated carbocycles. The van der Waals surface area contributed by atoms with Crippen molar-refractivity contribution in [3.05, 3.63) is 34.8 Å². The summed E-state index contributed by atoms with van der Waals surface area (Å²) in [5.74, 6) is 2.22. The van der Waals surface area contributed by atoms with E-state index < -0.39 is 0 Å². The molecule has 0 heterocycles. The lowest BCUT2D eigenvalue weighted by molar-refractivity contribution is 0.751. The first-order chi connectivity index (χ1) is 7.81. The summed E-state index contributed by atoms with van der Waals surface area (Å²) in [4.78, 5) is 0. The van der Waals surface area contributed by atoms with Crippen molar-refractivity contribution in [2.24, 2.45) is 0 Å². The monoisotopic (exact) mass is 322 g/mol. The highest BCUT2D eigenvalue weighted by molar-refractivity contribution is 9.10. The van der Waals surface area contributed by atoms with Gasteiger partial charge in [-0.15, -0.1) is 0 Å². The maximum Gasteiger partial charge on any atom is 0.0207 e. The van der Waals surface area contributed by atoms with Crippen LogP contribution in [-0.4, -0.2) is 11.5 Å². The van der Waals surface area contributed by atoms with Gasteiger partial charge in [0.25, 0.3) is 0 Å². The van der Waals surface area contributed by atoms with Gasteiger partial charge in [0.15, 0.2) is 0 Å². The van der Waals surface area contributed by atoms with Crippen molar-refractivity contribution in [3.63, 3.8) is 0 Å². The summed E-state index contributed by atoms with van der Waals surface area (Å²) >= 11 is 6.42. The van der Waals surface area contributed by atoms with Gasteiger partial charge in [0.1, 0.15) is 0 Å². The summed E-state index contributed by atoms with van der Waals surface area (Å²) in [6.07, 6.45) is 2.38. The van der Waals surface area contributed by atoms with Crippen LogP contribution in [0.3, 0.4) is 0 Å². The molecular formula is C12H19BrOS2. The quantitative estimate of drug-likeness (QED) is 0.500. The van der Waals surface area contributed by atoms with Gasteiger partial charge in [0.05, 0.1) is 0 Å². The molecule has 1 nitrogen and oxygen atoms in total. The molecule has 1 aromatic carbocycles. The van der Waals surface area contributed by atoms with E-state index in [1.807, 2.05) is 30.3 Å². The number of rotatable bonds is 6. The van der Waals surface area contributed by atoms with Gasteiger partial charge >= 0.3 is 0 Å². The Morgan fingerprint density at radius 3 is 1.81 bits per heavy atom. The van der Waals surface area contributed by atoms with E-state index in [-0.39, 0.29) is 0 Å². The van der Waals surface area contributed by atoms with Crippen molar-refractivity contribution in [1.82, 2.24) is 0 Å². The highest BCUT2D eigenvalue weighted by atomic mass is 79.9. The number of halogens is 1. The van der Waals surface area contributed by atoms with Crippen LogP contribution in [0, 0.1) is 0 Å². The van der Waals surface area contributed by atoms with Crippen LogP contribution in [0.5, 0.6) is 0 Å². The Morgan fingerprint density at radius 2 is 1.50 bits per heavy atom. The van der Waals surface area contributed by atoms with E-state index in [2.05, 4.69) is 29.8 Å². The molecule has 1 rings (SSSR count). The van der Waals surface area contributed by atoms with Crippen LogP contribution in [0.2, 0.25) is 0 Å². The Kier molecular flexibility index (Phi) is 13.7. The summed E-state index contributed by atoms with van der Waals surface area (Å²) in [6.45, 7) is 4.31. The van der Waals surface area contributed by atoms with Crippen molar-refractivity contribution < 1.29 is 3.63 Å². The van der Waals surface area contributed by atoms with E-state index in [9.17, 15) is 0 Å². The molecule has 92 valence electrons. The molecule has 16 heavy (non-hydrogen) atoms. The van der Waals surface area contributed by atoms with Gasteiger partial charge in [-0.05, 0) is 25.0 Å². The zero-order valence-corrected chi connectivity index (χ0v) is 13.0. The fraction of sp³-hybridized carbons (Fsp3) is 0.500. The topological polar surface area (TPSA) is 9.23 Å². The Labute approximate surface area is 116 Å². The van der Waals surface area contributed by atoms with Crippen molar-refractivity contribution in [2.75, 3.05) is 11.5 Å². The van der Waals surface area contributed by atoms with Crippen LogP contribution < -0.4 is 0 Å². The van der Waals surface area contributed by atoms with Gasteiger partial charge in [0, 0.05) is 40.1 Å². The molecule has 0 aromatic heterocycles. The van der Waals surface area contributed by atoms with Gasteiger partial charge in [-0.2, -0.15) is 0 Å². The van der Waals surface area contributed by atoms with Crippen LogP contribution in [0.15, 0.2) is 34.8 Å². The second-order valence-corrected chi connectivity index (χ2v) is 5.76. The van der Waals surface area contributed by atoms with Crippen molar-refractivity contribution in [2.45, 2.75) is 26.7 Å². The summed E-state index contributed by atoms with van der Waals surface area (Å²) < 4.78 is 6.28. The van der Waals surface area contributed by atoms with E-state index in [1.54, 1.807) is 24.1 Å². The van der Waals surface area contributed by atoms with Crippen molar-refractivity contribution in [3.8, 4) is 0 Å². The molecule has 0 fully saturated rings. The smallest absolute Gasteiger partial charge is 0.0207 e. The lowest BCUT2D eigenvalue weighted by Crippen LogP contribution is -1.75. The predicted octanol–water partition coefficient (Wildman–Crippen LogP) is 5.57. The minimum Gasteiger partial charge on any atom is -0.247 e. The van der Waals surface area contributed by atoms with Crippen LogP contribution in [0.1, 0.15) is 26.7 Å². The normalized spacial score (nSPS) is 9.44. The summed E-state index contributed by atoms with van der Waals surface area (Å²) in [5.41, 5.74) is 0. The van der Waals surface area contributed by atoms with E-state index >= 15 is 0 Å². The second-order valence-electron chi connectivity index (χ2n) is 3.01. The molecule has 0 aliphatic carbocycles. The zero-order chi connectivity index (χ0) is 12.1. The van der Waals surface area contributed by atoms with Gasteiger partial charge in [-0.25, -0.2) is 3.63 Å². The Bertz CT molecular complexity index is 226. The first kappa shape index (κ1) is 16.4. The van der Waals surface area contributed by atoms with E-state index in [1.165, 1.54) is 12.8 Å². The third-order valence-electron chi connectivity index (χ3n) is 1.40. The van der Waals surface area contributed by atoms with Crippen molar-refractivity contribution in [1.29, 1.82) is 0 Å². The van der Waals surface area contributed by atoms with Crippen LogP contribution in [0.25, 0.3) is 0 Å². The van der Waals surface area contributed by atoms with Crippen molar-refractivity contribution >= 4 is 40.0 Å². The average Bonchev–Trinajstić information content (AvgIpc) is 2.31. The molecular weight excluding hydrogens is 304 g/mol. The zero-order valence-electron chi connectivity index (χ0n) is 9.82. The Hall–Kier alpha value is 0.360. The van der Waals surface area contributed by atoms with Gasteiger partial charge in [0.2, 0.25) is 0 Å². The minimum atomic E-state index is 1.11. The number of benzene rings is 1. The first-order valence-corrected chi connectivity index (χ1v) is 8.04. The maximum atomic E-state index is 5.15. The fourth-order valence-electron chi connectivity index (χ4n) is 0.683. The minimum absolute atomic E-state index is 1.11. The predicted molar refractivity (Wildman–Crippen MR) is 80.7 cm³/mol. The molecule has 0 saturated heterocycles. The van der Waals surface area contributed by atoms with Gasteiger partial charge < -0.3 is 0 Å². The standard InChI is InChI=1S/C6H5Br.C6H14OS2/c7-6-4-2-1-3-5-6;1-3-5-8-7-9-6-4-2/h1-5H;3-6H2,1-2H3. The second kappa shape index (κ2) is 13.4. The van der Waals surface area contributed by atoms with Gasteiger partial charge in [-0.1, -0.05) is 48.0 Å². The Balaban J connectivity index is 0.000000288. The fourth-order valence-corrected chi connectivity index (χ4v) is 2.14. The van der Waals surface area contributed by atoms with Crippen LogP contribution >= 0.6 is 40.0 Å². The third kappa shape index (κ3) is 12.4. The van der Waals surface area contributed by atoms with Crippen LogP contribution in [0.4, 0.5) is 0 Å². The summed E-state index contributed by atoms with van der Waals surface area (Å²) in [6, 6.07) is 9.97. The van der Waals surface area contributed by atoms with E-state index in [0.717, 1.165) is 16.0 Å².